The minimum absolute atomic E-state index is 0.0306. The van der Waals surface area contributed by atoms with Crippen molar-refractivity contribution in [1.82, 2.24) is 0 Å². The fourth-order valence-corrected chi connectivity index (χ4v) is 10.7. The molecule has 0 N–H and O–H groups in total. The molecule has 5 aromatic carbocycles. The Labute approximate surface area is 298 Å². The second-order valence-corrected chi connectivity index (χ2v) is 15.7. The van der Waals surface area contributed by atoms with E-state index in [1.54, 1.807) is 0 Å². The van der Waals surface area contributed by atoms with Crippen LogP contribution in [0.15, 0.2) is 109 Å². The van der Waals surface area contributed by atoms with Crippen LogP contribution in [-0.4, -0.2) is 0 Å². The number of benzene rings is 5. The molecule has 0 fully saturated rings. The van der Waals surface area contributed by atoms with Crippen molar-refractivity contribution in [3.05, 3.63) is 159 Å². The SMILES string of the molecule is CCC1(C)c2ccc(-c3ccc4c(c3)-c3ccccc3C43c4cc(C)c(C)cc4-c4cc(C)c(C)cc43)cc2-c2cccc[n+]2C1(CC)CC. The van der Waals surface area contributed by atoms with Crippen LogP contribution < -0.4 is 4.57 Å². The summed E-state index contributed by atoms with van der Waals surface area (Å²) in [7, 11) is 0. The molecule has 9 rings (SSSR count). The number of aryl methyl sites for hydroxylation is 4. The van der Waals surface area contributed by atoms with Crippen LogP contribution in [0.2, 0.25) is 0 Å². The Hall–Kier alpha value is -4.75. The quantitative estimate of drug-likeness (QED) is 0.167. The van der Waals surface area contributed by atoms with Crippen molar-refractivity contribution in [2.45, 2.75) is 91.0 Å². The van der Waals surface area contributed by atoms with Gasteiger partial charge in [-0.05, 0) is 143 Å². The first-order chi connectivity index (χ1) is 24.1. The predicted molar refractivity (Wildman–Crippen MR) is 209 cm³/mol. The van der Waals surface area contributed by atoms with Gasteiger partial charge < -0.3 is 0 Å². The van der Waals surface area contributed by atoms with Gasteiger partial charge in [0.15, 0.2) is 11.7 Å². The first-order valence-electron chi connectivity index (χ1n) is 18.8. The summed E-state index contributed by atoms with van der Waals surface area (Å²) in [5.41, 5.74) is 23.1. The summed E-state index contributed by atoms with van der Waals surface area (Å²) in [6.07, 6.45) is 5.64. The summed E-state index contributed by atoms with van der Waals surface area (Å²) in [5.74, 6) is 0. The smallest absolute Gasteiger partial charge is 0.192 e. The van der Waals surface area contributed by atoms with Gasteiger partial charge in [-0.25, -0.2) is 0 Å². The van der Waals surface area contributed by atoms with E-state index in [2.05, 4.69) is 169 Å². The Kier molecular flexibility index (Phi) is 6.64. The minimum Gasteiger partial charge on any atom is -0.192 e. The zero-order valence-electron chi connectivity index (χ0n) is 31.0. The highest BCUT2D eigenvalue weighted by atomic mass is 15.1. The Morgan fingerprint density at radius 3 is 1.60 bits per heavy atom. The summed E-state index contributed by atoms with van der Waals surface area (Å²) in [6.45, 7) is 18.7. The van der Waals surface area contributed by atoms with Crippen LogP contribution in [0.5, 0.6) is 0 Å². The van der Waals surface area contributed by atoms with Crippen LogP contribution in [-0.2, 0) is 16.4 Å². The van der Waals surface area contributed by atoms with E-state index in [4.69, 9.17) is 0 Å². The second kappa shape index (κ2) is 10.6. The van der Waals surface area contributed by atoms with Crippen molar-refractivity contribution in [2.75, 3.05) is 0 Å². The molecule has 248 valence electrons. The molecule has 0 amide bonds. The fraction of sp³-hybridized carbons (Fsp3) is 0.286. The summed E-state index contributed by atoms with van der Waals surface area (Å²) in [4.78, 5) is 0. The van der Waals surface area contributed by atoms with Gasteiger partial charge in [-0.1, -0.05) is 93.6 Å². The number of hydrogen-bond donors (Lipinski definition) is 0. The number of nitrogens with zero attached hydrogens (tertiary/aromatic N) is 1. The highest BCUT2D eigenvalue weighted by Gasteiger charge is 2.58. The van der Waals surface area contributed by atoms with E-state index in [1.165, 1.54) is 94.7 Å². The van der Waals surface area contributed by atoms with E-state index in [1.807, 2.05) is 0 Å². The van der Waals surface area contributed by atoms with Crippen LogP contribution in [0.1, 0.15) is 97.0 Å². The summed E-state index contributed by atoms with van der Waals surface area (Å²) in [6, 6.07) is 40.6. The topological polar surface area (TPSA) is 3.88 Å². The van der Waals surface area contributed by atoms with E-state index in [9.17, 15) is 0 Å². The average Bonchev–Trinajstić information content (AvgIpc) is 3.57. The zero-order valence-corrected chi connectivity index (χ0v) is 31.0. The van der Waals surface area contributed by atoms with Crippen molar-refractivity contribution < 1.29 is 4.57 Å². The summed E-state index contributed by atoms with van der Waals surface area (Å²) < 4.78 is 2.62. The Balaban J connectivity index is 1.28. The third kappa shape index (κ3) is 3.66. The number of rotatable bonds is 4. The van der Waals surface area contributed by atoms with E-state index >= 15 is 0 Å². The van der Waals surface area contributed by atoms with E-state index < -0.39 is 0 Å². The maximum Gasteiger partial charge on any atom is 0.213 e. The van der Waals surface area contributed by atoms with Crippen molar-refractivity contribution in [2.24, 2.45) is 0 Å². The van der Waals surface area contributed by atoms with Gasteiger partial charge in [-0.3, -0.25) is 0 Å². The van der Waals surface area contributed by atoms with Gasteiger partial charge in [0, 0.05) is 25.0 Å². The van der Waals surface area contributed by atoms with Crippen molar-refractivity contribution in [3.8, 4) is 44.6 Å². The molecular formula is C49H48N+. The Bertz CT molecular complexity index is 2340. The Morgan fingerprint density at radius 1 is 0.460 bits per heavy atom. The molecular weight excluding hydrogens is 603 g/mol. The molecule has 0 saturated carbocycles. The second-order valence-electron chi connectivity index (χ2n) is 15.7. The van der Waals surface area contributed by atoms with Crippen LogP contribution >= 0.6 is 0 Å². The number of aromatic nitrogens is 1. The predicted octanol–water partition coefficient (Wildman–Crippen LogP) is 12.1. The fourth-order valence-electron chi connectivity index (χ4n) is 10.7. The third-order valence-electron chi connectivity index (χ3n) is 13.9. The molecule has 1 nitrogen and oxygen atoms in total. The van der Waals surface area contributed by atoms with E-state index in [0.717, 1.165) is 19.3 Å². The maximum atomic E-state index is 2.62. The van der Waals surface area contributed by atoms with E-state index in [-0.39, 0.29) is 16.4 Å². The van der Waals surface area contributed by atoms with Crippen LogP contribution in [0, 0.1) is 27.7 Å². The van der Waals surface area contributed by atoms with Crippen LogP contribution in [0.25, 0.3) is 44.6 Å². The molecule has 6 aromatic rings. The number of fused-ring (bicyclic) bond motifs is 13. The molecule has 1 aromatic heterocycles. The highest BCUT2D eigenvalue weighted by Crippen LogP contribution is 2.64. The molecule has 2 aliphatic carbocycles. The van der Waals surface area contributed by atoms with Gasteiger partial charge in [0.2, 0.25) is 5.69 Å². The largest absolute Gasteiger partial charge is 0.213 e. The summed E-state index contributed by atoms with van der Waals surface area (Å²) in [5, 5.41) is 0. The monoisotopic (exact) mass is 650 g/mol. The molecule has 1 unspecified atom stereocenters. The average molecular weight is 651 g/mol. The molecule has 0 radical (unpaired) electrons. The lowest BCUT2D eigenvalue weighted by molar-refractivity contribution is -0.769. The van der Waals surface area contributed by atoms with Crippen molar-refractivity contribution in [1.29, 1.82) is 0 Å². The number of hydrogen-bond acceptors (Lipinski definition) is 0. The Morgan fingerprint density at radius 2 is 0.980 bits per heavy atom. The highest BCUT2D eigenvalue weighted by molar-refractivity contribution is 5.96. The molecule has 1 aliphatic heterocycles. The number of pyridine rings is 1. The molecule has 3 aliphatic rings. The maximum absolute atomic E-state index is 2.62. The molecule has 0 saturated heterocycles. The molecule has 0 bridgehead atoms. The van der Waals surface area contributed by atoms with Gasteiger partial charge in [0.05, 0.1) is 16.4 Å². The summed E-state index contributed by atoms with van der Waals surface area (Å²) >= 11 is 0. The van der Waals surface area contributed by atoms with Crippen molar-refractivity contribution >= 4 is 0 Å². The lowest BCUT2D eigenvalue weighted by Gasteiger charge is -2.47. The molecule has 1 atom stereocenters. The standard InChI is InChI=1S/C49H48N/c1-9-47(8)41-21-19-35(29-40(41)46-18-14-15-23-50(46)48(47,10-2)11-3)34-20-22-43-39(28-34)36-16-12-13-17-42(36)49(43)44-26-32(6)30(4)24-37(44)38-25-31(5)33(7)27-45(38)49/h12-29H,9-11H2,1-8H3/q+1. The van der Waals surface area contributed by atoms with Gasteiger partial charge >= 0.3 is 0 Å². The first kappa shape index (κ1) is 31.2. The molecule has 2 heterocycles. The first-order valence-corrected chi connectivity index (χ1v) is 18.8. The van der Waals surface area contributed by atoms with Crippen LogP contribution in [0.4, 0.5) is 0 Å². The minimum atomic E-state index is -0.329. The normalized spacial score (nSPS) is 18.2. The van der Waals surface area contributed by atoms with Gasteiger partial charge in [-0.2, -0.15) is 4.57 Å². The molecule has 1 heteroatoms. The van der Waals surface area contributed by atoms with Crippen molar-refractivity contribution in [3.63, 3.8) is 0 Å². The van der Waals surface area contributed by atoms with Crippen LogP contribution in [0.3, 0.4) is 0 Å². The lowest BCUT2D eigenvalue weighted by atomic mass is 9.58. The van der Waals surface area contributed by atoms with E-state index in [0.29, 0.717) is 0 Å². The van der Waals surface area contributed by atoms with Gasteiger partial charge in [-0.15, -0.1) is 0 Å². The molecule has 50 heavy (non-hydrogen) atoms. The zero-order chi connectivity index (χ0) is 34.7. The lowest BCUT2D eigenvalue weighted by Crippen LogP contribution is -2.68. The van der Waals surface area contributed by atoms with Gasteiger partial charge in [0.1, 0.15) is 0 Å². The third-order valence-corrected chi connectivity index (χ3v) is 13.9. The van der Waals surface area contributed by atoms with Gasteiger partial charge in [0.25, 0.3) is 0 Å². The molecule has 1 spiro atoms.